The van der Waals surface area contributed by atoms with Crippen LogP contribution in [0.2, 0.25) is 0 Å². The van der Waals surface area contributed by atoms with Crippen LogP contribution in [0.25, 0.3) is 22.4 Å². The fourth-order valence-electron chi connectivity index (χ4n) is 2.09. The van der Waals surface area contributed by atoms with Gasteiger partial charge in [0.05, 0.1) is 17.3 Å². The maximum atomic E-state index is 9.58. The van der Waals surface area contributed by atoms with Gasteiger partial charge in [0, 0.05) is 0 Å². The summed E-state index contributed by atoms with van der Waals surface area (Å²) in [7, 11) is 1.54. The van der Waals surface area contributed by atoms with Gasteiger partial charge in [-0.05, 0) is 48.4 Å². The van der Waals surface area contributed by atoms with Gasteiger partial charge in [-0.2, -0.15) is 0 Å². The SMILES string of the molecule is COc1cc(/C=C/c2nc3cc(C)ccc3s2)ccc1O. The van der Waals surface area contributed by atoms with Crippen LogP contribution in [0.5, 0.6) is 11.5 Å². The Morgan fingerprint density at radius 1 is 1.14 bits per heavy atom. The molecule has 21 heavy (non-hydrogen) atoms. The highest BCUT2D eigenvalue weighted by Crippen LogP contribution is 2.28. The standard InChI is InChI=1S/C17H15NO2S/c1-11-3-7-16-13(9-11)18-17(21-16)8-5-12-4-6-14(19)15(10-12)20-2/h3-10,19H,1-2H3/b8-5+. The summed E-state index contributed by atoms with van der Waals surface area (Å²) in [5.74, 6) is 0.613. The van der Waals surface area contributed by atoms with E-state index in [9.17, 15) is 5.11 Å². The van der Waals surface area contributed by atoms with E-state index in [0.29, 0.717) is 5.75 Å². The smallest absolute Gasteiger partial charge is 0.161 e. The van der Waals surface area contributed by atoms with Gasteiger partial charge in [0.2, 0.25) is 0 Å². The Bertz CT molecular complexity index is 821. The van der Waals surface area contributed by atoms with Crippen molar-refractivity contribution in [2.75, 3.05) is 7.11 Å². The van der Waals surface area contributed by atoms with Crippen LogP contribution >= 0.6 is 11.3 Å². The first-order valence-corrected chi connectivity index (χ1v) is 7.39. The van der Waals surface area contributed by atoms with E-state index < -0.39 is 0 Å². The lowest BCUT2D eigenvalue weighted by atomic mass is 10.2. The van der Waals surface area contributed by atoms with Crippen molar-refractivity contribution in [3.8, 4) is 11.5 Å². The highest BCUT2D eigenvalue weighted by atomic mass is 32.1. The van der Waals surface area contributed by atoms with E-state index in [-0.39, 0.29) is 5.75 Å². The van der Waals surface area contributed by atoms with E-state index in [1.165, 1.54) is 10.3 Å². The summed E-state index contributed by atoms with van der Waals surface area (Å²) in [5.41, 5.74) is 3.20. The number of phenols is 1. The Balaban J connectivity index is 1.90. The molecule has 0 unspecified atom stereocenters. The number of rotatable bonds is 3. The molecule has 0 atom stereocenters. The van der Waals surface area contributed by atoms with Gasteiger partial charge in [-0.3, -0.25) is 0 Å². The van der Waals surface area contributed by atoms with Gasteiger partial charge in [0.15, 0.2) is 11.5 Å². The van der Waals surface area contributed by atoms with Gasteiger partial charge in [0.1, 0.15) is 5.01 Å². The van der Waals surface area contributed by atoms with Gasteiger partial charge in [0.25, 0.3) is 0 Å². The lowest BCUT2D eigenvalue weighted by molar-refractivity contribution is 0.373. The predicted molar refractivity (Wildman–Crippen MR) is 87.9 cm³/mol. The molecule has 3 nitrogen and oxygen atoms in total. The molecule has 106 valence electrons. The van der Waals surface area contributed by atoms with Crippen molar-refractivity contribution in [2.45, 2.75) is 6.92 Å². The molecule has 0 amide bonds. The second kappa shape index (κ2) is 5.58. The Labute approximate surface area is 127 Å². The van der Waals surface area contributed by atoms with Crippen LogP contribution < -0.4 is 4.74 Å². The molecule has 1 heterocycles. The molecule has 1 aromatic heterocycles. The third kappa shape index (κ3) is 2.90. The Kier molecular flexibility index (Phi) is 3.62. The van der Waals surface area contributed by atoms with Crippen LogP contribution in [0.3, 0.4) is 0 Å². The van der Waals surface area contributed by atoms with Gasteiger partial charge in [-0.25, -0.2) is 4.98 Å². The second-order valence-electron chi connectivity index (χ2n) is 4.79. The Hall–Kier alpha value is -2.33. The number of fused-ring (bicyclic) bond motifs is 1. The molecule has 3 rings (SSSR count). The molecule has 3 aromatic rings. The molecule has 0 aliphatic carbocycles. The van der Waals surface area contributed by atoms with Crippen molar-refractivity contribution in [3.63, 3.8) is 0 Å². The number of nitrogens with zero attached hydrogens (tertiary/aromatic N) is 1. The minimum atomic E-state index is 0.144. The molecule has 0 saturated carbocycles. The molecule has 0 aliphatic heterocycles. The van der Waals surface area contributed by atoms with E-state index in [1.807, 2.05) is 18.2 Å². The summed E-state index contributed by atoms with van der Waals surface area (Å²) < 4.78 is 6.29. The summed E-state index contributed by atoms with van der Waals surface area (Å²) in [6, 6.07) is 11.5. The molecule has 2 aromatic carbocycles. The van der Waals surface area contributed by atoms with E-state index in [0.717, 1.165) is 16.1 Å². The fraction of sp³-hybridized carbons (Fsp3) is 0.118. The van der Waals surface area contributed by atoms with Gasteiger partial charge >= 0.3 is 0 Å². The van der Waals surface area contributed by atoms with Crippen LogP contribution in [0, 0.1) is 6.92 Å². The highest BCUT2D eigenvalue weighted by molar-refractivity contribution is 7.19. The number of phenolic OH excluding ortho intramolecular Hbond substituents is 1. The number of benzene rings is 2. The zero-order chi connectivity index (χ0) is 14.8. The maximum Gasteiger partial charge on any atom is 0.161 e. The minimum Gasteiger partial charge on any atom is -0.504 e. The van der Waals surface area contributed by atoms with Crippen molar-refractivity contribution in [1.82, 2.24) is 4.98 Å². The van der Waals surface area contributed by atoms with Crippen molar-refractivity contribution >= 4 is 33.7 Å². The fourth-order valence-corrected chi connectivity index (χ4v) is 2.94. The minimum absolute atomic E-state index is 0.144. The number of ether oxygens (including phenoxy) is 1. The quantitative estimate of drug-likeness (QED) is 0.774. The molecule has 0 spiro atoms. The van der Waals surface area contributed by atoms with E-state index in [2.05, 4.69) is 30.1 Å². The average Bonchev–Trinajstić information content (AvgIpc) is 2.88. The van der Waals surface area contributed by atoms with Gasteiger partial charge in [-0.1, -0.05) is 18.2 Å². The van der Waals surface area contributed by atoms with Crippen LogP contribution in [-0.4, -0.2) is 17.2 Å². The monoisotopic (exact) mass is 297 g/mol. The van der Waals surface area contributed by atoms with Crippen molar-refractivity contribution in [3.05, 3.63) is 52.5 Å². The molecule has 0 aliphatic rings. The molecular formula is C17H15NO2S. The Morgan fingerprint density at radius 2 is 2.00 bits per heavy atom. The topological polar surface area (TPSA) is 42.4 Å². The number of thiazole rings is 1. The lowest BCUT2D eigenvalue weighted by Gasteiger charge is -2.03. The van der Waals surface area contributed by atoms with Crippen LogP contribution in [0.15, 0.2) is 36.4 Å². The number of aromatic hydroxyl groups is 1. The maximum absolute atomic E-state index is 9.58. The molecule has 0 radical (unpaired) electrons. The van der Waals surface area contributed by atoms with Crippen molar-refractivity contribution in [2.24, 2.45) is 0 Å². The first-order chi connectivity index (χ1) is 10.2. The van der Waals surface area contributed by atoms with Crippen LogP contribution in [0.1, 0.15) is 16.1 Å². The molecule has 1 N–H and O–H groups in total. The molecule has 0 fully saturated rings. The van der Waals surface area contributed by atoms with Crippen molar-refractivity contribution < 1.29 is 9.84 Å². The highest BCUT2D eigenvalue weighted by Gasteiger charge is 2.03. The summed E-state index contributed by atoms with van der Waals surface area (Å²) in [6.45, 7) is 2.07. The third-order valence-corrected chi connectivity index (χ3v) is 4.18. The zero-order valence-corrected chi connectivity index (χ0v) is 12.6. The molecule has 4 heteroatoms. The van der Waals surface area contributed by atoms with Crippen molar-refractivity contribution in [1.29, 1.82) is 0 Å². The van der Waals surface area contributed by atoms with Gasteiger partial charge in [-0.15, -0.1) is 11.3 Å². The number of aromatic nitrogens is 1. The summed E-state index contributed by atoms with van der Waals surface area (Å²) in [5, 5.41) is 10.5. The third-order valence-electron chi connectivity index (χ3n) is 3.18. The van der Waals surface area contributed by atoms with E-state index >= 15 is 0 Å². The molecule has 0 saturated heterocycles. The average molecular weight is 297 g/mol. The first-order valence-electron chi connectivity index (χ1n) is 6.58. The summed E-state index contributed by atoms with van der Waals surface area (Å²) in [6.07, 6.45) is 3.94. The van der Waals surface area contributed by atoms with E-state index in [4.69, 9.17) is 4.74 Å². The lowest BCUT2D eigenvalue weighted by Crippen LogP contribution is -1.84. The van der Waals surface area contributed by atoms with E-state index in [1.54, 1.807) is 30.6 Å². The van der Waals surface area contributed by atoms with Gasteiger partial charge < -0.3 is 9.84 Å². The van der Waals surface area contributed by atoms with Crippen LogP contribution in [-0.2, 0) is 0 Å². The zero-order valence-electron chi connectivity index (χ0n) is 11.8. The van der Waals surface area contributed by atoms with Crippen LogP contribution in [0.4, 0.5) is 0 Å². The summed E-state index contributed by atoms with van der Waals surface area (Å²) >= 11 is 1.66. The predicted octanol–water partition coefficient (Wildman–Crippen LogP) is 4.49. The molecule has 0 bridgehead atoms. The Morgan fingerprint density at radius 3 is 2.81 bits per heavy atom. The normalized spacial score (nSPS) is 11.3. The number of methoxy groups -OCH3 is 1. The first kappa shape index (κ1) is 13.6. The second-order valence-corrected chi connectivity index (χ2v) is 5.85. The summed E-state index contributed by atoms with van der Waals surface area (Å²) in [4.78, 5) is 4.60. The molecular weight excluding hydrogens is 282 g/mol. The largest absolute Gasteiger partial charge is 0.504 e. The number of hydrogen-bond donors (Lipinski definition) is 1. The number of hydrogen-bond acceptors (Lipinski definition) is 4. The number of aryl methyl sites for hydroxylation is 1.